The zero-order chi connectivity index (χ0) is 10.9. The predicted molar refractivity (Wildman–Crippen MR) is 46.8 cm³/mol. The third-order valence-corrected chi connectivity index (χ3v) is 1.50. The van der Waals surface area contributed by atoms with Gasteiger partial charge in [0.2, 0.25) is 11.6 Å². The number of rotatable bonds is 2. The molecule has 2 N–H and O–H groups in total. The van der Waals surface area contributed by atoms with Crippen molar-refractivity contribution in [1.29, 1.82) is 0 Å². The summed E-state index contributed by atoms with van der Waals surface area (Å²) in [5.41, 5.74) is -2.78. The number of carbonyl (C=O) groups excluding carboxylic acids is 1. The SMILES string of the molecule is C=C(C)C(=O)c1[nH]c(=O)[nH]c(=O)c1F. The van der Waals surface area contributed by atoms with Gasteiger partial charge in [0.25, 0.3) is 5.56 Å². The van der Waals surface area contributed by atoms with Gasteiger partial charge in [-0.05, 0) is 12.5 Å². The first-order valence-electron chi connectivity index (χ1n) is 3.65. The Morgan fingerprint density at radius 1 is 1.36 bits per heavy atom. The Hall–Kier alpha value is -1.98. The van der Waals surface area contributed by atoms with Crippen molar-refractivity contribution in [2.45, 2.75) is 6.92 Å². The first-order valence-corrected chi connectivity index (χ1v) is 3.65. The molecule has 0 bridgehead atoms. The number of ketones is 1. The van der Waals surface area contributed by atoms with Crippen LogP contribution in [0.1, 0.15) is 17.4 Å². The van der Waals surface area contributed by atoms with Crippen LogP contribution in [0.25, 0.3) is 0 Å². The van der Waals surface area contributed by atoms with E-state index in [9.17, 15) is 18.8 Å². The molecule has 6 heteroatoms. The summed E-state index contributed by atoms with van der Waals surface area (Å²) >= 11 is 0. The fourth-order valence-electron chi connectivity index (χ4n) is 0.841. The monoisotopic (exact) mass is 198 g/mol. The maximum atomic E-state index is 13.0. The number of hydrogen-bond donors (Lipinski definition) is 2. The maximum absolute atomic E-state index is 13.0. The standard InChI is InChI=1S/C8H7FN2O3/c1-3(2)6(12)5-4(9)7(13)11-8(14)10-5/h1H2,2H3,(H2,10,11,13,14). The second-order valence-electron chi connectivity index (χ2n) is 2.71. The van der Waals surface area contributed by atoms with E-state index in [1.54, 1.807) is 4.98 Å². The molecule has 5 nitrogen and oxygen atoms in total. The lowest BCUT2D eigenvalue weighted by atomic mass is 10.1. The van der Waals surface area contributed by atoms with E-state index in [2.05, 4.69) is 6.58 Å². The van der Waals surface area contributed by atoms with Gasteiger partial charge in [-0.25, -0.2) is 4.79 Å². The summed E-state index contributed by atoms with van der Waals surface area (Å²) in [5.74, 6) is -2.11. The topological polar surface area (TPSA) is 82.8 Å². The number of Topliss-reactive ketones (excluding diaryl/α,β-unsaturated/α-hetero) is 1. The average Bonchev–Trinajstić information content (AvgIpc) is 2.09. The highest BCUT2D eigenvalue weighted by Crippen LogP contribution is 2.02. The first-order chi connectivity index (χ1) is 6.43. The lowest BCUT2D eigenvalue weighted by molar-refractivity contribution is 0.102. The molecule has 0 spiro atoms. The Morgan fingerprint density at radius 2 is 1.93 bits per heavy atom. The van der Waals surface area contributed by atoms with Crippen LogP contribution in [0.4, 0.5) is 4.39 Å². The highest BCUT2D eigenvalue weighted by atomic mass is 19.1. The largest absolute Gasteiger partial charge is 0.326 e. The molecular weight excluding hydrogens is 191 g/mol. The smallest absolute Gasteiger partial charge is 0.301 e. The molecule has 14 heavy (non-hydrogen) atoms. The number of aromatic amines is 2. The maximum Gasteiger partial charge on any atom is 0.326 e. The van der Waals surface area contributed by atoms with Crippen LogP contribution in [0.3, 0.4) is 0 Å². The molecule has 74 valence electrons. The molecule has 0 saturated carbocycles. The summed E-state index contributed by atoms with van der Waals surface area (Å²) in [6.45, 7) is 4.63. The van der Waals surface area contributed by atoms with Crippen molar-refractivity contribution in [2.24, 2.45) is 0 Å². The van der Waals surface area contributed by atoms with Crippen LogP contribution in [0, 0.1) is 5.82 Å². The van der Waals surface area contributed by atoms with E-state index in [1.165, 1.54) is 6.92 Å². The molecule has 0 amide bonds. The Labute approximate surface area is 77.3 Å². The molecule has 0 aromatic carbocycles. The molecule has 0 saturated heterocycles. The number of aromatic nitrogens is 2. The van der Waals surface area contributed by atoms with Gasteiger partial charge in [-0.1, -0.05) is 6.58 Å². The number of allylic oxidation sites excluding steroid dienone is 1. The molecule has 1 heterocycles. The van der Waals surface area contributed by atoms with Crippen LogP contribution in [0.15, 0.2) is 21.7 Å². The zero-order valence-electron chi connectivity index (χ0n) is 7.31. The molecule has 1 aromatic heterocycles. The second-order valence-corrected chi connectivity index (χ2v) is 2.71. The van der Waals surface area contributed by atoms with Crippen molar-refractivity contribution in [3.63, 3.8) is 0 Å². The summed E-state index contributed by atoms with van der Waals surface area (Å²) in [7, 11) is 0. The lowest BCUT2D eigenvalue weighted by Gasteiger charge is -1.99. The van der Waals surface area contributed by atoms with Crippen LogP contribution >= 0.6 is 0 Å². The molecule has 0 aliphatic rings. The molecular formula is C8H7FN2O3. The predicted octanol–water partition coefficient (Wildman–Crippen LogP) is -0.0389. The van der Waals surface area contributed by atoms with Gasteiger partial charge in [0.05, 0.1) is 0 Å². The van der Waals surface area contributed by atoms with Gasteiger partial charge in [0, 0.05) is 0 Å². The van der Waals surface area contributed by atoms with E-state index in [-0.39, 0.29) is 5.57 Å². The summed E-state index contributed by atoms with van der Waals surface area (Å²) in [6, 6.07) is 0. The van der Waals surface area contributed by atoms with Gasteiger partial charge < -0.3 is 4.98 Å². The number of carbonyl (C=O) groups is 1. The van der Waals surface area contributed by atoms with Gasteiger partial charge in [0.15, 0.2) is 0 Å². The van der Waals surface area contributed by atoms with Gasteiger partial charge in [0.1, 0.15) is 5.69 Å². The van der Waals surface area contributed by atoms with Crippen molar-refractivity contribution < 1.29 is 9.18 Å². The Bertz CT molecular complexity index is 512. The summed E-state index contributed by atoms with van der Waals surface area (Å²) in [4.78, 5) is 36.2. The third kappa shape index (κ3) is 1.68. The number of halogens is 1. The van der Waals surface area contributed by atoms with Gasteiger partial charge in [-0.15, -0.1) is 0 Å². The zero-order valence-corrected chi connectivity index (χ0v) is 7.31. The van der Waals surface area contributed by atoms with Gasteiger partial charge in [-0.2, -0.15) is 4.39 Å². The second kappa shape index (κ2) is 3.41. The highest BCUT2D eigenvalue weighted by Gasteiger charge is 2.16. The summed E-state index contributed by atoms with van der Waals surface area (Å²) in [5, 5.41) is 0. The molecule has 1 aromatic rings. The number of H-pyrrole nitrogens is 2. The summed E-state index contributed by atoms with van der Waals surface area (Å²) in [6.07, 6.45) is 0. The van der Waals surface area contributed by atoms with Crippen LogP contribution in [0.2, 0.25) is 0 Å². The van der Waals surface area contributed by atoms with E-state index < -0.39 is 28.5 Å². The molecule has 0 atom stereocenters. The fraction of sp³-hybridized carbons (Fsp3) is 0.125. The molecule has 0 unspecified atom stereocenters. The molecule has 1 rings (SSSR count). The lowest BCUT2D eigenvalue weighted by Crippen LogP contribution is -2.29. The van der Waals surface area contributed by atoms with E-state index in [1.807, 2.05) is 4.98 Å². The van der Waals surface area contributed by atoms with Crippen molar-refractivity contribution in [2.75, 3.05) is 0 Å². The van der Waals surface area contributed by atoms with E-state index >= 15 is 0 Å². The van der Waals surface area contributed by atoms with Crippen LogP contribution in [0.5, 0.6) is 0 Å². The minimum absolute atomic E-state index is 0.0325. The molecule has 0 aliphatic heterocycles. The Morgan fingerprint density at radius 3 is 2.43 bits per heavy atom. The molecule has 0 radical (unpaired) electrons. The quantitative estimate of drug-likeness (QED) is 0.516. The van der Waals surface area contributed by atoms with Crippen LogP contribution in [-0.4, -0.2) is 15.8 Å². The summed E-state index contributed by atoms with van der Waals surface area (Å²) < 4.78 is 13.0. The van der Waals surface area contributed by atoms with E-state index in [0.29, 0.717) is 0 Å². The fourth-order valence-corrected chi connectivity index (χ4v) is 0.841. The Balaban J connectivity index is 3.50. The normalized spacial score (nSPS) is 9.86. The number of nitrogens with one attached hydrogen (secondary N) is 2. The average molecular weight is 198 g/mol. The number of hydrogen-bond acceptors (Lipinski definition) is 3. The van der Waals surface area contributed by atoms with Crippen LogP contribution in [-0.2, 0) is 0 Å². The minimum Gasteiger partial charge on any atom is -0.301 e. The van der Waals surface area contributed by atoms with Crippen molar-refractivity contribution >= 4 is 5.78 Å². The van der Waals surface area contributed by atoms with E-state index in [4.69, 9.17) is 0 Å². The third-order valence-electron chi connectivity index (χ3n) is 1.50. The highest BCUT2D eigenvalue weighted by molar-refractivity contribution is 6.06. The van der Waals surface area contributed by atoms with Crippen LogP contribution < -0.4 is 11.2 Å². The van der Waals surface area contributed by atoms with Crippen molar-refractivity contribution in [1.82, 2.24) is 9.97 Å². The molecule has 0 aliphatic carbocycles. The van der Waals surface area contributed by atoms with Crippen molar-refractivity contribution in [3.05, 3.63) is 44.5 Å². The van der Waals surface area contributed by atoms with E-state index in [0.717, 1.165) is 0 Å². The Kier molecular flexibility index (Phi) is 2.46. The minimum atomic E-state index is -1.31. The van der Waals surface area contributed by atoms with Gasteiger partial charge in [-0.3, -0.25) is 14.6 Å². The molecule has 0 fully saturated rings. The first kappa shape index (κ1) is 10.1. The van der Waals surface area contributed by atoms with Gasteiger partial charge >= 0.3 is 5.69 Å². The van der Waals surface area contributed by atoms with Crippen molar-refractivity contribution in [3.8, 4) is 0 Å².